The molecule has 0 spiro atoms. The van der Waals surface area contributed by atoms with Crippen LogP contribution in [-0.2, 0) is 18.0 Å². The number of ether oxygens (including phenoxy) is 2. The van der Waals surface area contributed by atoms with E-state index in [2.05, 4.69) is 0 Å². The molecular formula is C15H16FNO2. The summed E-state index contributed by atoms with van der Waals surface area (Å²) < 4.78 is 23.9. The summed E-state index contributed by atoms with van der Waals surface area (Å²) in [6.07, 6.45) is 0. The molecule has 2 N–H and O–H groups in total. The fraction of sp³-hybridized carbons (Fsp3) is 0.200. The summed E-state index contributed by atoms with van der Waals surface area (Å²) in [5.74, 6) is 0.306. The van der Waals surface area contributed by atoms with Crippen LogP contribution >= 0.6 is 0 Å². The molecule has 19 heavy (non-hydrogen) atoms. The Balaban J connectivity index is 2.01. The van der Waals surface area contributed by atoms with Gasteiger partial charge in [-0.3, -0.25) is 0 Å². The minimum absolute atomic E-state index is 0.144. The summed E-state index contributed by atoms with van der Waals surface area (Å²) in [4.78, 5) is 0. The summed E-state index contributed by atoms with van der Waals surface area (Å²) >= 11 is 0. The van der Waals surface area contributed by atoms with E-state index in [4.69, 9.17) is 15.2 Å². The third-order valence-corrected chi connectivity index (χ3v) is 2.68. The molecular weight excluding hydrogens is 245 g/mol. The highest BCUT2D eigenvalue weighted by atomic mass is 19.1. The van der Waals surface area contributed by atoms with Gasteiger partial charge in [-0.15, -0.1) is 0 Å². The number of nitrogens with two attached hydrogens (primary N) is 1. The highest BCUT2D eigenvalue weighted by molar-refractivity contribution is 5.41. The van der Waals surface area contributed by atoms with E-state index in [0.29, 0.717) is 13.2 Å². The van der Waals surface area contributed by atoms with Crippen molar-refractivity contribution in [1.29, 1.82) is 0 Å². The van der Waals surface area contributed by atoms with Crippen LogP contribution in [-0.4, -0.2) is 7.11 Å². The van der Waals surface area contributed by atoms with E-state index in [9.17, 15) is 4.39 Å². The topological polar surface area (TPSA) is 44.5 Å². The highest BCUT2D eigenvalue weighted by Gasteiger charge is 2.02. The van der Waals surface area contributed by atoms with E-state index in [1.54, 1.807) is 13.2 Å². The molecule has 0 heterocycles. The Morgan fingerprint density at radius 2 is 1.84 bits per heavy atom. The van der Waals surface area contributed by atoms with Gasteiger partial charge in [0.25, 0.3) is 0 Å². The summed E-state index contributed by atoms with van der Waals surface area (Å²) in [6.45, 7) is 0.835. The van der Waals surface area contributed by atoms with Gasteiger partial charge in [-0.05, 0) is 35.4 Å². The van der Waals surface area contributed by atoms with Gasteiger partial charge in [-0.2, -0.15) is 0 Å². The predicted octanol–water partition coefficient (Wildman–Crippen LogP) is 3.13. The van der Waals surface area contributed by atoms with E-state index in [0.717, 1.165) is 16.9 Å². The lowest BCUT2D eigenvalue weighted by atomic mass is 10.2. The number of rotatable bonds is 5. The first kappa shape index (κ1) is 13.4. The first-order chi connectivity index (χ1) is 9.19. The number of nitrogen functional groups attached to an aromatic ring is 1. The van der Waals surface area contributed by atoms with E-state index in [-0.39, 0.29) is 5.69 Å². The van der Waals surface area contributed by atoms with Crippen molar-refractivity contribution in [3.05, 3.63) is 59.4 Å². The molecule has 0 saturated carbocycles. The van der Waals surface area contributed by atoms with Crippen LogP contribution < -0.4 is 10.5 Å². The standard InChI is InChI=1S/C15H16FNO2/c1-18-9-11-3-2-4-13(7-11)19-10-12-5-6-15(17)14(16)8-12/h2-8H,9-10,17H2,1H3. The number of hydrogen-bond donors (Lipinski definition) is 1. The first-order valence-electron chi connectivity index (χ1n) is 5.93. The van der Waals surface area contributed by atoms with Gasteiger partial charge in [0, 0.05) is 7.11 Å². The number of anilines is 1. The van der Waals surface area contributed by atoms with E-state index in [1.807, 2.05) is 24.3 Å². The van der Waals surface area contributed by atoms with Crippen molar-refractivity contribution in [1.82, 2.24) is 0 Å². The van der Waals surface area contributed by atoms with Gasteiger partial charge in [-0.1, -0.05) is 18.2 Å². The Morgan fingerprint density at radius 3 is 2.58 bits per heavy atom. The molecule has 2 rings (SSSR count). The van der Waals surface area contributed by atoms with Crippen molar-refractivity contribution in [2.45, 2.75) is 13.2 Å². The van der Waals surface area contributed by atoms with Crippen LogP contribution in [0, 0.1) is 5.82 Å². The average Bonchev–Trinajstić information content (AvgIpc) is 2.41. The summed E-state index contributed by atoms with van der Waals surface area (Å²) in [5.41, 5.74) is 7.33. The van der Waals surface area contributed by atoms with Crippen molar-refractivity contribution in [3.8, 4) is 5.75 Å². The molecule has 0 radical (unpaired) electrons. The van der Waals surface area contributed by atoms with Crippen LogP contribution in [0.25, 0.3) is 0 Å². The Kier molecular flexibility index (Phi) is 4.36. The van der Waals surface area contributed by atoms with Gasteiger partial charge in [0.15, 0.2) is 0 Å². The second kappa shape index (κ2) is 6.20. The lowest BCUT2D eigenvalue weighted by Gasteiger charge is -2.08. The number of methoxy groups -OCH3 is 1. The second-order valence-electron chi connectivity index (χ2n) is 4.22. The van der Waals surface area contributed by atoms with Gasteiger partial charge in [0.2, 0.25) is 0 Å². The molecule has 0 aliphatic rings. The smallest absolute Gasteiger partial charge is 0.146 e. The molecule has 0 fully saturated rings. The Morgan fingerprint density at radius 1 is 1.05 bits per heavy atom. The zero-order valence-electron chi connectivity index (χ0n) is 10.7. The summed E-state index contributed by atoms with van der Waals surface area (Å²) in [7, 11) is 1.64. The molecule has 0 saturated heterocycles. The first-order valence-corrected chi connectivity index (χ1v) is 5.93. The molecule has 0 amide bonds. The average molecular weight is 261 g/mol. The van der Waals surface area contributed by atoms with Crippen molar-refractivity contribution in [2.24, 2.45) is 0 Å². The fourth-order valence-corrected chi connectivity index (χ4v) is 1.72. The SMILES string of the molecule is COCc1cccc(OCc2ccc(N)c(F)c2)c1. The minimum atomic E-state index is -0.422. The molecule has 2 aromatic rings. The van der Waals surface area contributed by atoms with Crippen LogP contribution in [0.5, 0.6) is 5.75 Å². The Hall–Kier alpha value is -2.07. The molecule has 0 aliphatic heterocycles. The number of hydrogen-bond acceptors (Lipinski definition) is 3. The van der Waals surface area contributed by atoms with Gasteiger partial charge in [0.05, 0.1) is 12.3 Å². The normalized spacial score (nSPS) is 10.4. The van der Waals surface area contributed by atoms with Gasteiger partial charge < -0.3 is 15.2 Å². The minimum Gasteiger partial charge on any atom is -0.489 e. The monoisotopic (exact) mass is 261 g/mol. The lowest BCUT2D eigenvalue weighted by Crippen LogP contribution is -1.98. The molecule has 3 nitrogen and oxygen atoms in total. The second-order valence-corrected chi connectivity index (χ2v) is 4.22. The van der Waals surface area contributed by atoms with E-state index >= 15 is 0 Å². The van der Waals surface area contributed by atoms with E-state index in [1.165, 1.54) is 12.1 Å². The molecule has 0 bridgehead atoms. The zero-order chi connectivity index (χ0) is 13.7. The van der Waals surface area contributed by atoms with Crippen LogP contribution in [0.15, 0.2) is 42.5 Å². The Bertz CT molecular complexity index is 558. The maximum absolute atomic E-state index is 13.3. The number of halogens is 1. The fourth-order valence-electron chi connectivity index (χ4n) is 1.72. The molecule has 4 heteroatoms. The van der Waals surface area contributed by atoms with Crippen molar-refractivity contribution < 1.29 is 13.9 Å². The van der Waals surface area contributed by atoms with Crippen LogP contribution in [0.4, 0.5) is 10.1 Å². The zero-order valence-corrected chi connectivity index (χ0v) is 10.7. The predicted molar refractivity (Wildman–Crippen MR) is 72.3 cm³/mol. The summed E-state index contributed by atoms with van der Waals surface area (Å²) in [5, 5.41) is 0. The molecule has 2 aromatic carbocycles. The maximum atomic E-state index is 13.3. The van der Waals surface area contributed by atoms with Crippen LogP contribution in [0.1, 0.15) is 11.1 Å². The molecule has 0 unspecified atom stereocenters. The van der Waals surface area contributed by atoms with Crippen molar-refractivity contribution in [3.63, 3.8) is 0 Å². The molecule has 100 valence electrons. The molecule has 0 atom stereocenters. The number of benzene rings is 2. The molecule has 0 aromatic heterocycles. The van der Waals surface area contributed by atoms with Crippen LogP contribution in [0.2, 0.25) is 0 Å². The third kappa shape index (κ3) is 3.69. The van der Waals surface area contributed by atoms with Gasteiger partial charge >= 0.3 is 0 Å². The maximum Gasteiger partial charge on any atom is 0.146 e. The van der Waals surface area contributed by atoms with Gasteiger partial charge in [-0.25, -0.2) is 4.39 Å². The largest absolute Gasteiger partial charge is 0.489 e. The molecule has 0 aliphatic carbocycles. The third-order valence-electron chi connectivity index (χ3n) is 2.68. The van der Waals surface area contributed by atoms with E-state index < -0.39 is 5.82 Å². The lowest BCUT2D eigenvalue weighted by molar-refractivity contribution is 0.184. The van der Waals surface area contributed by atoms with Crippen molar-refractivity contribution >= 4 is 5.69 Å². The quantitative estimate of drug-likeness (QED) is 0.841. The van der Waals surface area contributed by atoms with Crippen molar-refractivity contribution in [2.75, 3.05) is 12.8 Å². The Labute approximate surface area is 111 Å². The highest BCUT2D eigenvalue weighted by Crippen LogP contribution is 2.17. The van der Waals surface area contributed by atoms with Crippen LogP contribution in [0.3, 0.4) is 0 Å². The van der Waals surface area contributed by atoms with Gasteiger partial charge in [0.1, 0.15) is 18.2 Å². The summed E-state index contributed by atoms with van der Waals surface area (Å²) in [6, 6.07) is 12.3.